The minimum atomic E-state index is -0.517. The average Bonchev–Trinajstić information content (AvgIpc) is 2.65. The lowest BCUT2D eigenvalue weighted by molar-refractivity contribution is -0.128. The highest BCUT2D eigenvalue weighted by Gasteiger charge is 2.21. The number of carbonyl (C=O) groups is 1. The minimum Gasteiger partial charge on any atom is -0.497 e. The molecular weight excluding hydrogens is 302 g/mol. The molecule has 2 atom stereocenters. The van der Waals surface area contributed by atoms with Gasteiger partial charge in [0, 0.05) is 0 Å². The lowest BCUT2D eigenvalue weighted by Crippen LogP contribution is -2.39. The molecule has 0 aliphatic carbocycles. The van der Waals surface area contributed by atoms with E-state index in [9.17, 15) is 4.79 Å². The maximum Gasteiger partial charge on any atom is 0.261 e. The summed E-state index contributed by atoms with van der Waals surface area (Å²) in [7, 11) is 1.62. The fraction of sp³-hybridized carbons (Fsp3) is 0.350. The van der Waals surface area contributed by atoms with Gasteiger partial charge >= 0.3 is 0 Å². The van der Waals surface area contributed by atoms with Crippen molar-refractivity contribution in [2.24, 2.45) is 0 Å². The van der Waals surface area contributed by atoms with Gasteiger partial charge in [0.1, 0.15) is 11.5 Å². The normalized spacial score (nSPS) is 13.0. The van der Waals surface area contributed by atoms with Crippen LogP contribution in [0.4, 0.5) is 0 Å². The first kappa shape index (κ1) is 17.9. The van der Waals surface area contributed by atoms with Gasteiger partial charge in [-0.2, -0.15) is 0 Å². The van der Waals surface area contributed by atoms with Gasteiger partial charge in [0.25, 0.3) is 5.91 Å². The Morgan fingerprint density at radius 3 is 2.12 bits per heavy atom. The molecule has 0 heterocycles. The smallest absolute Gasteiger partial charge is 0.261 e. The van der Waals surface area contributed by atoms with E-state index in [2.05, 4.69) is 12.2 Å². The van der Waals surface area contributed by atoms with Crippen molar-refractivity contribution in [2.45, 2.75) is 38.8 Å². The second kappa shape index (κ2) is 8.96. The molecule has 0 radical (unpaired) electrons. The second-order valence-corrected chi connectivity index (χ2v) is 5.57. The van der Waals surface area contributed by atoms with Crippen LogP contribution in [0.15, 0.2) is 54.6 Å². The Morgan fingerprint density at radius 2 is 1.58 bits per heavy atom. The number of hydrogen-bond donors (Lipinski definition) is 1. The molecule has 0 unspecified atom stereocenters. The predicted octanol–water partition coefficient (Wildman–Crippen LogP) is 4.12. The molecule has 0 saturated carbocycles. The third-order valence-corrected chi connectivity index (χ3v) is 3.93. The van der Waals surface area contributed by atoms with Crippen molar-refractivity contribution in [1.29, 1.82) is 0 Å². The average molecular weight is 327 g/mol. The zero-order valence-corrected chi connectivity index (χ0v) is 14.5. The summed E-state index contributed by atoms with van der Waals surface area (Å²) in [6.45, 7) is 4.00. The Labute approximate surface area is 143 Å². The van der Waals surface area contributed by atoms with E-state index in [4.69, 9.17) is 9.47 Å². The van der Waals surface area contributed by atoms with Crippen LogP contribution >= 0.6 is 0 Å². The summed E-state index contributed by atoms with van der Waals surface area (Å²) in [5, 5.41) is 3.09. The highest BCUT2D eigenvalue weighted by atomic mass is 16.5. The number of ether oxygens (including phenoxy) is 2. The molecule has 2 aromatic carbocycles. The molecule has 2 rings (SSSR count). The largest absolute Gasteiger partial charge is 0.497 e. The Hall–Kier alpha value is -2.49. The second-order valence-electron chi connectivity index (χ2n) is 5.57. The zero-order chi connectivity index (χ0) is 17.4. The van der Waals surface area contributed by atoms with Crippen LogP contribution in [0.1, 0.15) is 38.3 Å². The summed E-state index contributed by atoms with van der Waals surface area (Å²) in [5.74, 6) is 1.32. The molecule has 0 saturated heterocycles. The molecular formula is C20H25NO3. The van der Waals surface area contributed by atoms with Crippen LogP contribution in [0.3, 0.4) is 0 Å². The van der Waals surface area contributed by atoms with E-state index >= 15 is 0 Å². The van der Waals surface area contributed by atoms with Crippen LogP contribution in [0, 0.1) is 0 Å². The summed E-state index contributed by atoms with van der Waals surface area (Å²) in [6.07, 6.45) is 0.911. The fourth-order valence-electron chi connectivity index (χ4n) is 2.51. The molecule has 24 heavy (non-hydrogen) atoms. The van der Waals surface area contributed by atoms with Crippen molar-refractivity contribution in [1.82, 2.24) is 5.32 Å². The molecule has 0 aliphatic rings. The lowest BCUT2D eigenvalue weighted by Gasteiger charge is -2.22. The van der Waals surface area contributed by atoms with Crippen molar-refractivity contribution in [3.8, 4) is 11.5 Å². The number of rotatable bonds is 8. The van der Waals surface area contributed by atoms with Crippen LogP contribution in [-0.4, -0.2) is 19.1 Å². The Kier molecular flexibility index (Phi) is 6.67. The number of nitrogens with one attached hydrogen (secondary N) is 1. The van der Waals surface area contributed by atoms with Crippen molar-refractivity contribution in [2.75, 3.05) is 7.11 Å². The molecule has 0 bridgehead atoms. The van der Waals surface area contributed by atoms with E-state index in [1.807, 2.05) is 61.5 Å². The molecule has 4 heteroatoms. The standard InChI is InChI=1S/C20H25NO3/c1-4-18(15-9-7-6-8-10-15)21-20(22)19(5-2)24-17-13-11-16(23-3)12-14-17/h6-14,18-19H,4-5H2,1-3H3,(H,21,22)/t18-,19-/m1/s1. The summed E-state index contributed by atoms with van der Waals surface area (Å²) in [4.78, 5) is 12.6. The number of amides is 1. The zero-order valence-electron chi connectivity index (χ0n) is 14.5. The first-order chi connectivity index (χ1) is 11.7. The van der Waals surface area contributed by atoms with E-state index in [1.54, 1.807) is 7.11 Å². The summed E-state index contributed by atoms with van der Waals surface area (Å²) in [5.41, 5.74) is 1.10. The number of methoxy groups -OCH3 is 1. The van der Waals surface area contributed by atoms with Gasteiger partial charge < -0.3 is 14.8 Å². The van der Waals surface area contributed by atoms with E-state index in [0.29, 0.717) is 12.2 Å². The molecule has 2 aromatic rings. The highest BCUT2D eigenvalue weighted by Crippen LogP contribution is 2.20. The first-order valence-electron chi connectivity index (χ1n) is 8.34. The highest BCUT2D eigenvalue weighted by molar-refractivity contribution is 5.81. The molecule has 1 amide bonds. The predicted molar refractivity (Wildman–Crippen MR) is 95.3 cm³/mol. The van der Waals surface area contributed by atoms with Gasteiger partial charge in [-0.1, -0.05) is 44.2 Å². The molecule has 1 N–H and O–H groups in total. The Balaban J connectivity index is 2.01. The fourth-order valence-corrected chi connectivity index (χ4v) is 2.51. The van der Waals surface area contributed by atoms with Gasteiger partial charge in [-0.3, -0.25) is 4.79 Å². The number of benzene rings is 2. The Morgan fingerprint density at radius 1 is 0.958 bits per heavy atom. The topological polar surface area (TPSA) is 47.6 Å². The van der Waals surface area contributed by atoms with Gasteiger partial charge in [0.15, 0.2) is 6.10 Å². The van der Waals surface area contributed by atoms with Crippen LogP contribution in [-0.2, 0) is 4.79 Å². The van der Waals surface area contributed by atoms with Gasteiger partial charge in [0.2, 0.25) is 0 Å². The van der Waals surface area contributed by atoms with Crippen molar-refractivity contribution in [3.63, 3.8) is 0 Å². The van der Waals surface area contributed by atoms with Gasteiger partial charge in [-0.05, 0) is 42.7 Å². The van der Waals surface area contributed by atoms with E-state index in [1.165, 1.54) is 0 Å². The SMILES string of the molecule is CC[C@@H](Oc1ccc(OC)cc1)C(=O)N[C@H](CC)c1ccccc1. The summed E-state index contributed by atoms with van der Waals surface area (Å²) in [6, 6.07) is 17.2. The van der Waals surface area contributed by atoms with Crippen LogP contribution < -0.4 is 14.8 Å². The Bertz CT molecular complexity index is 625. The van der Waals surface area contributed by atoms with E-state index in [-0.39, 0.29) is 11.9 Å². The quantitative estimate of drug-likeness (QED) is 0.793. The van der Waals surface area contributed by atoms with Crippen molar-refractivity contribution in [3.05, 3.63) is 60.2 Å². The van der Waals surface area contributed by atoms with E-state index in [0.717, 1.165) is 17.7 Å². The summed E-state index contributed by atoms with van der Waals surface area (Å²) >= 11 is 0. The third-order valence-electron chi connectivity index (χ3n) is 3.93. The molecule has 0 fully saturated rings. The third kappa shape index (κ3) is 4.75. The van der Waals surface area contributed by atoms with Crippen LogP contribution in [0.5, 0.6) is 11.5 Å². The maximum atomic E-state index is 12.6. The van der Waals surface area contributed by atoms with Crippen molar-refractivity contribution >= 4 is 5.91 Å². The molecule has 0 spiro atoms. The molecule has 128 valence electrons. The number of carbonyl (C=O) groups excluding carboxylic acids is 1. The van der Waals surface area contributed by atoms with Gasteiger partial charge in [0.05, 0.1) is 13.2 Å². The van der Waals surface area contributed by atoms with Crippen LogP contribution in [0.25, 0.3) is 0 Å². The van der Waals surface area contributed by atoms with E-state index < -0.39 is 6.10 Å². The monoisotopic (exact) mass is 327 g/mol. The van der Waals surface area contributed by atoms with Crippen LogP contribution in [0.2, 0.25) is 0 Å². The van der Waals surface area contributed by atoms with Gasteiger partial charge in [-0.15, -0.1) is 0 Å². The first-order valence-corrected chi connectivity index (χ1v) is 8.34. The molecule has 0 aliphatic heterocycles. The van der Waals surface area contributed by atoms with Crippen molar-refractivity contribution < 1.29 is 14.3 Å². The number of hydrogen-bond acceptors (Lipinski definition) is 3. The lowest BCUT2D eigenvalue weighted by atomic mass is 10.0. The summed E-state index contributed by atoms with van der Waals surface area (Å²) < 4.78 is 11.0. The molecule has 0 aromatic heterocycles. The maximum absolute atomic E-state index is 12.6. The van der Waals surface area contributed by atoms with Gasteiger partial charge in [-0.25, -0.2) is 0 Å². The minimum absolute atomic E-state index is 0.00721. The molecule has 4 nitrogen and oxygen atoms in total.